The van der Waals surface area contributed by atoms with Gasteiger partial charge in [0.25, 0.3) is 27.8 Å². The van der Waals surface area contributed by atoms with E-state index in [0.717, 1.165) is 6.33 Å². The number of ether oxygens (including phenoxy) is 2. The SMILES string of the molecule is NC(=O)c1ccc[n+]([C@H]2O[C@H](COP(=O)([O-])OP(=O)([O-])OC[C@H]3O[C@@H](n4cnc5c(N)ncnc54)[C@H](O)[C@@H]3O)[C@@H](O)[C@H]2O)c1. The number of hydrogen-bond donors (Lipinski definition) is 6. The fourth-order valence-electron chi connectivity index (χ4n) is 4.56. The third kappa shape index (κ3) is 6.65. The fraction of sp³-hybridized carbons (Fsp3) is 0.476. The predicted octanol–water partition coefficient (Wildman–Crippen LogP) is -4.28. The van der Waals surface area contributed by atoms with E-state index in [0.29, 0.717) is 0 Å². The van der Waals surface area contributed by atoms with E-state index >= 15 is 0 Å². The predicted molar refractivity (Wildman–Crippen MR) is 135 cm³/mol. The van der Waals surface area contributed by atoms with Gasteiger partial charge in [0, 0.05) is 6.07 Å². The van der Waals surface area contributed by atoms with E-state index in [2.05, 4.69) is 28.3 Å². The average Bonchev–Trinajstić information content (AvgIpc) is 3.61. The highest BCUT2D eigenvalue weighted by Gasteiger charge is 2.49. The summed E-state index contributed by atoms with van der Waals surface area (Å²) < 4.78 is 51.1. The van der Waals surface area contributed by atoms with Gasteiger partial charge in [-0.25, -0.2) is 19.3 Å². The molecule has 2 fully saturated rings. The van der Waals surface area contributed by atoms with Gasteiger partial charge in [-0.1, -0.05) is 0 Å². The van der Waals surface area contributed by atoms with E-state index in [-0.39, 0.29) is 22.5 Å². The van der Waals surface area contributed by atoms with Gasteiger partial charge in [0.05, 0.1) is 19.5 Å². The molecule has 3 aromatic rings. The van der Waals surface area contributed by atoms with Crippen LogP contribution in [0.2, 0.25) is 0 Å². The van der Waals surface area contributed by atoms with Crippen LogP contribution in [0, 0.1) is 0 Å². The van der Waals surface area contributed by atoms with E-state index in [1.807, 2.05) is 0 Å². The van der Waals surface area contributed by atoms with Crippen LogP contribution in [0.4, 0.5) is 5.82 Å². The van der Waals surface area contributed by atoms with Gasteiger partial charge < -0.3 is 60.2 Å². The summed E-state index contributed by atoms with van der Waals surface area (Å²) >= 11 is 0. The second kappa shape index (κ2) is 12.4. The lowest BCUT2D eigenvalue weighted by molar-refractivity contribution is -0.765. The quantitative estimate of drug-likeness (QED) is 0.0835. The normalized spacial score (nSPS) is 31.6. The number of aliphatic hydroxyl groups excluding tert-OH is 4. The number of pyridine rings is 1. The van der Waals surface area contributed by atoms with E-state index in [4.69, 9.17) is 20.9 Å². The van der Waals surface area contributed by atoms with Gasteiger partial charge in [0.15, 0.2) is 36.2 Å². The van der Waals surface area contributed by atoms with Crippen molar-refractivity contribution in [1.29, 1.82) is 0 Å². The molecular weight excluding hydrogens is 636 g/mol. The lowest BCUT2D eigenvalue weighted by Gasteiger charge is -2.31. The molecule has 8 N–H and O–H groups in total. The number of fused-ring (bicyclic) bond motifs is 1. The highest BCUT2D eigenvalue weighted by Crippen LogP contribution is 2.56. The van der Waals surface area contributed by atoms with Crippen LogP contribution >= 0.6 is 15.6 Å². The number of nitrogen functional groups attached to an aromatic ring is 1. The third-order valence-corrected chi connectivity index (χ3v) is 9.26. The Morgan fingerprint density at radius 3 is 2.30 bits per heavy atom. The van der Waals surface area contributed by atoms with E-state index in [1.54, 1.807) is 0 Å². The minimum absolute atomic E-state index is 0.0363. The highest BCUT2D eigenvalue weighted by molar-refractivity contribution is 7.59. The van der Waals surface area contributed by atoms with Crippen LogP contribution in [0.25, 0.3) is 11.2 Å². The molecule has 2 aliphatic heterocycles. The Bertz CT molecular complexity index is 1630. The Morgan fingerprint density at radius 1 is 1.00 bits per heavy atom. The number of nitrogens with zero attached hydrogens (tertiary/aromatic N) is 5. The van der Waals surface area contributed by atoms with Crippen LogP contribution in [-0.4, -0.2) is 95.7 Å². The summed E-state index contributed by atoms with van der Waals surface area (Å²) in [5.74, 6) is -0.743. The molecule has 5 rings (SSSR count). The maximum Gasteiger partial charge on any atom is 0.292 e. The van der Waals surface area contributed by atoms with Gasteiger partial charge in [-0.15, -0.1) is 0 Å². The number of phosphoric ester groups is 2. The van der Waals surface area contributed by atoms with E-state index < -0.39 is 83.8 Å². The van der Waals surface area contributed by atoms with Crippen molar-refractivity contribution >= 4 is 38.5 Å². The molecule has 0 aliphatic carbocycles. The topological polar surface area (TPSA) is 324 Å². The standard InChI is InChI=1S/C21H27N7O14P2/c22-17-12-19(25-7-24-17)28(8-26-12)21-16(32)14(30)11(41-21)6-39-44(36,37)42-43(34,35)38-5-10-13(29)15(31)20(40-10)27-3-1-2-9(4-27)18(23)33/h1-4,7-8,10-11,13-16,20-21,29-32H,5-6H2,(H5-,22,23,24,25,33,34,35,36,37)/p-1/t10-,11-,13-,14-,15-,16-,20+,21-/m1/s1. The number of imidazole rings is 1. The Hall–Kier alpha value is -3.01. The molecule has 10 atom stereocenters. The average molecular weight is 662 g/mol. The van der Waals surface area contributed by atoms with Crippen LogP contribution in [0.15, 0.2) is 37.2 Å². The molecule has 0 radical (unpaired) electrons. The monoisotopic (exact) mass is 662 g/mol. The zero-order valence-corrected chi connectivity index (χ0v) is 23.9. The Balaban J connectivity index is 1.16. The van der Waals surface area contributed by atoms with Gasteiger partial charge in [-0.3, -0.25) is 18.5 Å². The summed E-state index contributed by atoms with van der Waals surface area (Å²) in [4.78, 5) is 47.8. The molecule has 240 valence electrons. The molecule has 0 spiro atoms. The number of aliphatic hydroxyl groups is 4. The first-order valence-corrected chi connectivity index (χ1v) is 15.5. The molecule has 23 heteroatoms. The lowest BCUT2D eigenvalue weighted by atomic mass is 10.1. The maximum atomic E-state index is 12.3. The van der Waals surface area contributed by atoms with Crippen molar-refractivity contribution in [1.82, 2.24) is 19.5 Å². The fourth-order valence-corrected chi connectivity index (χ4v) is 6.58. The van der Waals surface area contributed by atoms with Crippen molar-refractivity contribution in [2.45, 2.75) is 49.1 Å². The molecule has 3 aromatic heterocycles. The zero-order chi connectivity index (χ0) is 32.0. The maximum absolute atomic E-state index is 12.3. The Labute approximate surface area is 246 Å². The number of hydrogen-bond acceptors (Lipinski definition) is 18. The zero-order valence-electron chi connectivity index (χ0n) is 22.2. The molecule has 0 aromatic carbocycles. The first-order valence-electron chi connectivity index (χ1n) is 12.6. The number of aromatic nitrogens is 5. The first-order chi connectivity index (χ1) is 20.7. The minimum atomic E-state index is -5.68. The van der Waals surface area contributed by atoms with Crippen molar-refractivity contribution in [2.24, 2.45) is 5.73 Å². The van der Waals surface area contributed by atoms with E-state index in [9.17, 15) is 44.1 Å². The number of nitrogens with two attached hydrogens (primary N) is 2. The van der Waals surface area contributed by atoms with Gasteiger partial charge in [-0.2, -0.15) is 4.57 Å². The van der Waals surface area contributed by atoms with Crippen molar-refractivity contribution in [3.63, 3.8) is 0 Å². The third-order valence-electron chi connectivity index (χ3n) is 6.73. The minimum Gasteiger partial charge on any atom is -0.756 e. The van der Waals surface area contributed by atoms with Crippen LogP contribution in [0.3, 0.4) is 0 Å². The lowest BCUT2D eigenvalue weighted by Crippen LogP contribution is -2.46. The summed E-state index contributed by atoms with van der Waals surface area (Å²) in [6.45, 7) is -1.98. The number of carbonyl (C=O) groups is 1. The molecular formula is C21H26N7O14P2-. The Kier molecular flexibility index (Phi) is 9.13. The number of amides is 1. The van der Waals surface area contributed by atoms with Gasteiger partial charge in [-0.05, 0) is 6.07 Å². The molecule has 5 heterocycles. The smallest absolute Gasteiger partial charge is 0.292 e. The molecule has 2 saturated heterocycles. The van der Waals surface area contributed by atoms with Crippen molar-refractivity contribution in [3.8, 4) is 0 Å². The van der Waals surface area contributed by atoms with Gasteiger partial charge in [0.1, 0.15) is 47.9 Å². The number of carbonyl (C=O) groups excluding carboxylic acids is 1. The largest absolute Gasteiger partial charge is 0.756 e. The Morgan fingerprint density at radius 2 is 1.64 bits per heavy atom. The molecule has 0 saturated carbocycles. The summed E-state index contributed by atoms with van der Waals surface area (Å²) in [7, 11) is -11.4. The number of primary amides is 1. The van der Waals surface area contributed by atoms with Crippen molar-refractivity contribution in [2.75, 3.05) is 18.9 Å². The molecule has 0 bridgehead atoms. The van der Waals surface area contributed by atoms with Crippen LogP contribution < -0.4 is 25.8 Å². The molecule has 2 unspecified atom stereocenters. The second-order valence-electron chi connectivity index (χ2n) is 9.65. The van der Waals surface area contributed by atoms with Gasteiger partial charge >= 0.3 is 0 Å². The summed E-state index contributed by atoms with van der Waals surface area (Å²) in [5, 5.41) is 41.5. The second-order valence-corrected chi connectivity index (χ2v) is 12.6. The summed E-state index contributed by atoms with van der Waals surface area (Å²) in [6.07, 6.45) is -7.26. The summed E-state index contributed by atoms with van der Waals surface area (Å²) in [6, 6.07) is 2.80. The first kappa shape index (κ1) is 32.4. The van der Waals surface area contributed by atoms with Crippen molar-refractivity contribution in [3.05, 3.63) is 42.7 Å². The van der Waals surface area contributed by atoms with Crippen molar-refractivity contribution < 1.29 is 71.5 Å². The molecule has 2 aliphatic rings. The van der Waals surface area contributed by atoms with E-state index in [1.165, 1.54) is 40.0 Å². The number of rotatable bonds is 11. The van der Waals surface area contributed by atoms with Gasteiger partial charge in [0.2, 0.25) is 0 Å². The molecule has 44 heavy (non-hydrogen) atoms. The molecule has 21 nitrogen and oxygen atoms in total. The van der Waals surface area contributed by atoms with Crippen LogP contribution in [0.1, 0.15) is 22.8 Å². The van der Waals surface area contributed by atoms with Crippen LogP contribution in [0.5, 0.6) is 0 Å². The summed E-state index contributed by atoms with van der Waals surface area (Å²) in [5.41, 5.74) is 11.3. The highest BCUT2D eigenvalue weighted by atomic mass is 31.3. The van der Waals surface area contributed by atoms with Crippen LogP contribution in [-0.2, 0) is 32.0 Å². The number of phosphoric acid groups is 2. The number of anilines is 1. The molecule has 1 amide bonds.